The van der Waals surface area contributed by atoms with Gasteiger partial charge in [-0.3, -0.25) is 14.4 Å². The van der Waals surface area contributed by atoms with Crippen LogP contribution in [-0.2, 0) is 19.1 Å². The summed E-state index contributed by atoms with van der Waals surface area (Å²) in [6, 6.07) is 0. The lowest BCUT2D eigenvalue weighted by Gasteiger charge is -2.15. The monoisotopic (exact) mass is 245 g/mol. The van der Waals surface area contributed by atoms with Crippen LogP contribution in [0.5, 0.6) is 0 Å². The van der Waals surface area contributed by atoms with E-state index in [-0.39, 0.29) is 18.3 Å². The number of hydrogen-bond donors (Lipinski definition) is 2. The Bertz CT molecular complexity index is 290. The Morgan fingerprint density at radius 3 is 2.29 bits per heavy atom. The average Bonchev–Trinajstić information content (AvgIpc) is 2.31. The van der Waals surface area contributed by atoms with Gasteiger partial charge in [-0.2, -0.15) is 0 Å². The van der Waals surface area contributed by atoms with Crippen LogP contribution in [0.1, 0.15) is 26.7 Å². The molecule has 6 nitrogen and oxygen atoms in total. The number of amides is 1. The normalized spacial score (nSPS) is 13.6. The van der Waals surface area contributed by atoms with Gasteiger partial charge in [-0.25, -0.2) is 0 Å². The Hall–Kier alpha value is -1.59. The van der Waals surface area contributed by atoms with E-state index in [9.17, 15) is 14.4 Å². The third-order valence-electron chi connectivity index (χ3n) is 2.64. The van der Waals surface area contributed by atoms with Gasteiger partial charge in [-0.05, 0) is 6.42 Å². The van der Waals surface area contributed by atoms with Crippen molar-refractivity contribution in [3.8, 4) is 0 Å². The summed E-state index contributed by atoms with van der Waals surface area (Å²) in [4.78, 5) is 32.9. The van der Waals surface area contributed by atoms with Crippen LogP contribution < -0.4 is 5.32 Å². The topological polar surface area (TPSA) is 92.7 Å². The fourth-order valence-corrected chi connectivity index (χ4v) is 1.15. The Labute approximate surface area is 100 Å². The molecule has 0 saturated heterocycles. The summed E-state index contributed by atoms with van der Waals surface area (Å²) < 4.78 is 4.45. The first-order chi connectivity index (χ1) is 7.90. The molecule has 2 atom stereocenters. The largest absolute Gasteiger partial charge is 0.481 e. The van der Waals surface area contributed by atoms with Gasteiger partial charge in [0.2, 0.25) is 5.91 Å². The summed E-state index contributed by atoms with van der Waals surface area (Å²) in [6.45, 7) is 3.39. The number of carboxylic acids is 1. The number of rotatable bonds is 7. The summed E-state index contributed by atoms with van der Waals surface area (Å²) in [7, 11) is 1.30. The van der Waals surface area contributed by atoms with Gasteiger partial charge in [0.15, 0.2) is 0 Å². The summed E-state index contributed by atoms with van der Waals surface area (Å²) in [5, 5.41) is 11.3. The fourth-order valence-electron chi connectivity index (χ4n) is 1.15. The van der Waals surface area contributed by atoms with Gasteiger partial charge in [0.05, 0.1) is 13.0 Å². The third kappa shape index (κ3) is 5.89. The van der Waals surface area contributed by atoms with Gasteiger partial charge in [-0.1, -0.05) is 13.8 Å². The molecule has 0 aliphatic heterocycles. The number of carboxylic acid groups (broad SMARTS) is 1. The first-order valence-electron chi connectivity index (χ1n) is 5.47. The van der Waals surface area contributed by atoms with E-state index in [2.05, 4.69) is 10.1 Å². The number of hydrogen-bond acceptors (Lipinski definition) is 4. The highest BCUT2D eigenvalue weighted by Crippen LogP contribution is 2.10. The van der Waals surface area contributed by atoms with E-state index >= 15 is 0 Å². The highest BCUT2D eigenvalue weighted by Gasteiger charge is 2.25. The quantitative estimate of drug-likeness (QED) is 0.500. The number of esters is 1. The number of nitrogens with one attached hydrogen (secondary N) is 1. The molecule has 0 aliphatic carbocycles. The van der Waals surface area contributed by atoms with Crippen LogP contribution >= 0.6 is 0 Å². The zero-order valence-corrected chi connectivity index (χ0v) is 10.4. The molecule has 0 heterocycles. The number of carbonyl (C=O) groups is 3. The van der Waals surface area contributed by atoms with Gasteiger partial charge in [0, 0.05) is 18.9 Å². The van der Waals surface area contributed by atoms with Crippen molar-refractivity contribution < 1.29 is 24.2 Å². The minimum Gasteiger partial charge on any atom is -0.481 e. The smallest absolute Gasteiger partial charge is 0.307 e. The summed E-state index contributed by atoms with van der Waals surface area (Å²) in [6.07, 6.45) is 0.715. The minimum atomic E-state index is -0.998. The van der Waals surface area contributed by atoms with Crippen LogP contribution in [0.2, 0.25) is 0 Å². The molecule has 0 spiro atoms. The predicted octanol–water partition coefficient (Wildman–Crippen LogP) is 0.413. The molecule has 0 aromatic heterocycles. The molecule has 0 fully saturated rings. The Balaban J connectivity index is 3.86. The minimum absolute atomic E-state index is 0.236. The van der Waals surface area contributed by atoms with E-state index in [0.29, 0.717) is 13.0 Å². The maximum Gasteiger partial charge on any atom is 0.307 e. The zero-order valence-electron chi connectivity index (χ0n) is 10.4. The highest BCUT2D eigenvalue weighted by atomic mass is 16.5. The third-order valence-corrected chi connectivity index (χ3v) is 2.64. The van der Waals surface area contributed by atoms with Crippen molar-refractivity contribution in [1.29, 1.82) is 0 Å². The second-order valence-corrected chi connectivity index (χ2v) is 3.89. The SMILES string of the molecule is COC(=O)CCCNC(=O)C(C)C(C)C(=O)O. The van der Waals surface area contributed by atoms with Crippen molar-refractivity contribution in [1.82, 2.24) is 5.32 Å². The standard InChI is InChI=1S/C11H19NO5/c1-7(8(2)11(15)16)10(14)12-6-4-5-9(13)17-3/h7-8H,4-6H2,1-3H3,(H,12,14)(H,15,16). The number of aliphatic carboxylic acids is 1. The highest BCUT2D eigenvalue weighted by molar-refractivity contribution is 5.84. The molecular weight excluding hydrogens is 226 g/mol. The van der Waals surface area contributed by atoms with E-state index in [1.165, 1.54) is 14.0 Å². The van der Waals surface area contributed by atoms with E-state index in [4.69, 9.17) is 5.11 Å². The molecule has 1 amide bonds. The van der Waals surface area contributed by atoms with Gasteiger partial charge in [0.1, 0.15) is 0 Å². The van der Waals surface area contributed by atoms with Crippen LogP contribution in [0.4, 0.5) is 0 Å². The Morgan fingerprint density at radius 2 is 1.82 bits per heavy atom. The molecule has 0 bridgehead atoms. The van der Waals surface area contributed by atoms with E-state index in [0.717, 1.165) is 0 Å². The second-order valence-electron chi connectivity index (χ2n) is 3.89. The maximum atomic E-state index is 11.5. The average molecular weight is 245 g/mol. The van der Waals surface area contributed by atoms with E-state index < -0.39 is 17.8 Å². The fraction of sp³-hybridized carbons (Fsp3) is 0.727. The molecule has 0 rings (SSSR count). The lowest BCUT2D eigenvalue weighted by molar-refractivity contribution is -0.146. The van der Waals surface area contributed by atoms with Crippen molar-refractivity contribution in [3.05, 3.63) is 0 Å². The summed E-state index contributed by atoms with van der Waals surface area (Å²) in [5.74, 6) is -2.96. The molecule has 0 aromatic carbocycles. The first kappa shape index (κ1) is 15.4. The van der Waals surface area contributed by atoms with Crippen molar-refractivity contribution in [2.75, 3.05) is 13.7 Å². The predicted molar refractivity (Wildman–Crippen MR) is 60.2 cm³/mol. The second kappa shape index (κ2) is 7.65. The molecule has 0 aromatic rings. The van der Waals surface area contributed by atoms with Crippen LogP contribution in [0, 0.1) is 11.8 Å². The van der Waals surface area contributed by atoms with Gasteiger partial charge in [-0.15, -0.1) is 0 Å². The molecule has 0 radical (unpaired) electrons. The molecule has 98 valence electrons. The van der Waals surface area contributed by atoms with Crippen LogP contribution in [0.3, 0.4) is 0 Å². The van der Waals surface area contributed by atoms with Gasteiger partial charge in [0.25, 0.3) is 0 Å². The van der Waals surface area contributed by atoms with Crippen molar-refractivity contribution in [2.45, 2.75) is 26.7 Å². The number of carbonyl (C=O) groups excluding carboxylic acids is 2. The van der Waals surface area contributed by atoms with Crippen LogP contribution in [0.25, 0.3) is 0 Å². The number of methoxy groups -OCH3 is 1. The lowest BCUT2D eigenvalue weighted by atomic mass is 9.95. The maximum absolute atomic E-state index is 11.5. The Morgan fingerprint density at radius 1 is 1.24 bits per heavy atom. The van der Waals surface area contributed by atoms with Crippen molar-refractivity contribution >= 4 is 17.8 Å². The molecule has 0 saturated carbocycles. The number of ether oxygens (including phenoxy) is 1. The van der Waals surface area contributed by atoms with E-state index in [1.807, 2.05) is 0 Å². The molecular formula is C11H19NO5. The Kier molecular flexibility index (Phi) is 6.93. The molecule has 0 aliphatic rings. The van der Waals surface area contributed by atoms with Gasteiger partial charge >= 0.3 is 11.9 Å². The van der Waals surface area contributed by atoms with Crippen LogP contribution in [0.15, 0.2) is 0 Å². The van der Waals surface area contributed by atoms with Crippen molar-refractivity contribution in [2.24, 2.45) is 11.8 Å². The molecule has 17 heavy (non-hydrogen) atoms. The summed E-state index contributed by atoms with van der Waals surface area (Å²) in [5.41, 5.74) is 0. The first-order valence-corrected chi connectivity index (χ1v) is 5.47. The van der Waals surface area contributed by atoms with Gasteiger partial charge < -0.3 is 15.2 Å². The molecule has 2 unspecified atom stereocenters. The molecule has 2 N–H and O–H groups in total. The zero-order chi connectivity index (χ0) is 13.4. The van der Waals surface area contributed by atoms with Crippen LogP contribution in [-0.4, -0.2) is 36.6 Å². The van der Waals surface area contributed by atoms with Crippen molar-refractivity contribution in [3.63, 3.8) is 0 Å². The van der Waals surface area contributed by atoms with E-state index in [1.54, 1.807) is 6.92 Å². The summed E-state index contributed by atoms with van der Waals surface area (Å²) >= 11 is 0. The lowest BCUT2D eigenvalue weighted by Crippen LogP contribution is -2.35. The molecule has 6 heteroatoms.